The molecule has 0 atom stereocenters. The molecule has 0 aromatic heterocycles. The molecule has 0 radical (unpaired) electrons. The molecule has 0 saturated carbocycles. The summed E-state index contributed by atoms with van der Waals surface area (Å²) in [5.41, 5.74) is 1.15. The van der Waals surface area contributed by atoms with Crippen LogP contribution in [0.25, 0.3) is 0 Å². The monoisotopic (exact) mass is 404 g/mol. The summed E-state index contributed by atoms with van der Waals surface area (Å²) in [4.78, 5) is 0. The first-order chi connectivity index (χ1) is 12.8. The van der Waals surface area contributed by atoms with E-state index in [-0.39, 0.29) is 0 Å². The van der Waals surface area contributed by atoms with Crippen LogP contribution in [0.1, 0.15) is 66.2 Å². The van der Waals surface area contributed by atoms with Gasteiger partial charge in [0.1, 0.15) is 0 Å². The Morgan fingerprint density at radius 2 is 1.15 bits per heavy atom. The van der Waals surface area contributed by atoms with Crippen molar-refractivity contribution >= 4 is 7.87 Å². The Hall–Kier alpha value is -0.190. The minimum atomic E-state index is -2.29. The Bertz CT molecular complexity index is 358. The molecule has 0 aromatic carbocycles. The number of allylic oxidation sites excluding steroid dienone is 1. The SMILES string of the molecule is C=C(C)N(CCOC)[PH](N(C)CCCC)(N(C)CCCC)N(C)CCCC. The summed E-state index contributed by atoms with van der Waals surface area (Å²) in [5, 5.41) is 0. The van der Waals surface area contributed by atoms with E-state index in [1.807, 2.05) is 0 Å². The van der Waals surface area contributed by atoms with Crippen molar-refractivity contribution in [3.63, 3.8) is 0 Å². The van der Waals surface area contributed by atoms with Crippen LogP contribution in [0.4, 0.5) is 0 Å². The van der Waals surface area contributed by atoms with Crippen molar-refractivity contribution in [2.24, 2.45) is 0 Å². The third kappa shape index (κ3) is 7.62. The van der Waals surface area contributed by atoms with E-state index in [0.717, 1.165) is 38.5 Å². The first kappa shape index (κ1) is 26.8. The van der Waals surface area contributed by atoms with Crippen molar-refractivity contribution in [1.82, 2.24) is 18.7 Å². The summed E-state index contributed by atoms with van der Waals surface area (Å²) < 4.78 is 16.0. The molecule has 0 aliphatic heterocycles. The fourth-order valence-electron chi connectivity index (χ4n) is 3.91. The topological polar surface area (TPSA) is 22.2 Å². The third-order valence-electron chi connectivity index (χ3n) is 5.42. The first-order valence-corrected chi connectivity index (χ1v) is 12.7. The molecule has 5 nitrogen and oxygen atoms in total. The van der Waals surface area contributed by atoms with Gasteiger partial charge in [0.15, 0.2) is 0 Å². The van der Waals surface area contributed by atoms with Crippen LogP contribution in [0.3, 0.4) is 0 Å². The molecule has 164 valence electrons. The molecule has 0 amide bonds. The molecule has 0 unspecified atom stereocenters. The van der Waals surface area contributed by atoms with Crippen LogP contribution in [0, 0.1) is 0 Å². The molecule has 0 aliphatic rings. The molecule has 0 aliphatic carbocycles. The number of ether oxygens (including phenoxy) is 1. The molecule has 27 heavy (non-hydrogen) atoms. The molecule has 0 N–H and O–H groups in total. The van der Waals surface area contributed by atoms with E-state index >= 15 is 0 Å². The van der Waals surface area contributed by atoms with E-state index in [4.69, 9.17) is 4.74 Å². The number of hydrogen-bond donors (Lipinski definition) is 0. The molecule has 0 aromatic rings. The van der Waals surface area contributed by atoms with E-state index in [2.05, 4.69) is 74.1 Å². The predicted molar refractivity (Wildman–Crippen MR) is 124 cm³/mol. The summed E-state index contributed by atoms with van der Waals surface area (Å²) in [7, 11) is 6.49. The van der Waals surface area contributed by atoms with Crippen molar-refractivity contribution in [1.29, 1.82) is 0 Å². The summed E-state index contributed by atoms with van der Waals surface area (Å²) in [5.74, 6) is 0. The van der Waals surface area contributed by atoms with Gasteiger partial charge >= 0.3 is 171 Å². The number of unbranched alkanes of at least 4 members (excludes halogenated alkanes) is 3. The Morgan fingerprint density at radius 3 is 1.41 bits per heavy atom. The molecule has 0 bridgehead atoms. The van der Waals surface area contributed by atoms with E-state index in [9.17, 15) is 0 Å². The predicted octanol–water partition coefficient (Wildman–Crippen LogP) is 5.07. The zero-order valence-corrected chi connectivity index (χ0v) is 20.7. The Balaban J connectivity index is 6.17. The summed E-state index contributed by atoms with van der Waals surface area (Å²) in [6.07, 6.45) is 7.33. The van der Waals surface area contributed by atoms with Gasteiger partial charge in [-0.05, 0) is 0 Å². The molecule has 0 heterocycles. The normalized spacial score (nSPS) is 13.0. The van der Waals surface area contributed by atoms with Crippen molar-refractivity contribution in [2.45, 2.75) is 66.2 Å². The maximum atomic E-state index is 5.48. The number of methoxy groups -OCH3 is 1. The quantitative estimate of drug-likeness (QED) is 0.315. The van der Waals surface area contributed by atoms with Crippen LogP contribution in [0.2, 0.25) is 0 Å². The fourth-order valence-corrected chi connectivity index (χ4v) is 9.17. The Labute approximate surface area is 171 Å². The summed E-state index contributed by atoms with van der Waals surface area (Å²) >= 11 is 0. The van der Waals surface area contributed by atoms with Gasteiger partial charge < -0.3 is 0 Å². The van der Waals surface area contributed by atoms with Gasteiger partial charge in [-0.2, -0.15) is 0 Å². The maximum absolute atomic E-state index is 5.48. The molecule has 0 saturated heterocycles. The first-order valence-electron chi connectivity index (χ1n) is 10.9. The van der Waals surface area contributed by atoms with Gasteiger partial charge in [-0.1, -0.05) is 0 Å². The van der Waals surface area contributed by atoms with Crippen molar-refractivity contribution in [2.75, 3.05) is 61.0 Å². The minimum absolute atomic E-state index is 0.729. The van der Waals surface area contributed by atoms with Gasteiger partial charge in [0.25, 0.3) is 0 Å². The van der Waals surface area contributed by atoms with Crippen molar-refractivity contribution in [3.8, 4) is 0 Å². The van der Waals surface area contributed by atoms with E-state index < -0.39 is 7.87 Å². The van der Waals surface area contributed by atoms with E-state index in [0.29, 0.717) is 0 Å². The fraction of sp³-hybridized carbons (Fsp3) is 0.905. The van der Waals surface area contributed by atoms with Gasteiger partial charge in [0, 0.05) is 0 Å². The molecule has 0 spiro atoms. The Morgan fingerprint density at radius 1 is 0.778 bits per heavy atom. The third-order valence-corrected chi connectivity index (χ3v) is 10.5. The second-order valence-electron chi connectivity index (χ2n) is 7.81. The average Bonchev–Trinajstić information content (AvgIpc) is 2.65. The van der Waals surface area contributed by atoms with Crippen LogP contribution in [0.5, 0.6) is 0 Å². The van der Waals surface area contributed by atoms with Crippen molar-refractivity contribution in [3.05, 3.63) is 12.3 Å². The van der Waals surface area contributed by atoms with Crippen molar-refractivity contribution < 1.29 is 4.74 Å². The van der Waals surface area contributed by atoms with Crippen LogP contribution in [-0.4, -0.2) is 79.7 Å². The second-order valence-corrected chi connectivity index (χ2v) is 11.8. The summed E-state index contributed by atoms with van der Waals surface area (Å²) in [6.45, 7) is 18.4. The second kappa shape index (κ2) is 14.8. The Kier molecular flexibility index (Phi) is 14.7. The molecular formula is C21H49N4OP. The zero-order chi connectivity index (χ0) is 20.9. The number of rotatable bonds is 17. The number of nitrogens with zero attached hydrogens (tertiary/aromatic N) is 4. The molecular weight excluding hydrogens is 355 g/mol. The van der Waals surface area contributed by atoms with Gasteiger partial charge in [0.2, 0.25) is 0 Å². The van der Waals surface area contributed by atoms with Crippen LogP contribution in [0.15, 0.2) is 12.3 Å². The standard InChI is InChI=1S/C21H49N4OP/c1-10-13-16-22(6)27(23(7)17-14-11-2,24(8)18-15-12-3)25(21(4)5)19-20-26-9/h27H,4,10-20H2,1-3,5-9H3. The number of hydrogen-bond acceptors (Lipinski definition) is 5. The van der Waals surface area contributed by atoms with Gasteiger partial charge in [0.05, 0.1) is 0 Å². The van der Waals surface area contributed by atoms with Crippen LogP contribution < -0.4 is 0 Å². The van der Waals surface area contributed by atoms with E-state index in [1.165, 1.54) is 38.5 Å². The van der Waals surface area contributed by atoms with Gasteiger partial charge in [-0.3, -0.25) is 0 Å². The van der Waals surface area contributed by atoms with E-state index in [1.54, 1.807) is 7.11 Å². The zero-order valence-electron chi connectivity index (χ0n) is 19.7. The van der Waals surface area contributed by atoms with Crippen LogP contribution >= 0.6 is 7.87 Å². The van der Waals surface area contributed by atoms with Crippen LogP contribution in [-0.2, 0) is 4.74 Å². The average molecular weight is 405 g/mol. The molecule has 6 heteroatoms. The molecule has 0 fully saturated rings. The summed E-state index contributed by atoms with van der Waals surface area (Å²) in [6, 6.07) is 0. The van der Waals surface area contributed by atoms with Gasteiger partial charge in [-0.25, -0.2) is 0 Å². The van der Waals surface area contributed by atoms with Gasteiger partial charge in [-0.15, -0.1) is 0 Å². The molecule has 0 rings (SSSR count).